The van der Waals surface area contributed by atoms with Gasteiger partial charge in [0.15, 0.2) is 0 Å². The third-order valence-electron chi connectivity index (χ3n) is 9.68. The highest BCUT2D eigenvalue weighted by atomic mass is 16.3. The molecule has 0 saturated carbocycles. The first-order valence-electron chi connectivity index (χ1n) is 17.7. The van der Waals surface area contributed by atoms with Crippen molar-refractivity contribution in [2.75, 3.05) is 4.90 Å². The Labute approximate surface area is 304 Å². The van der Waals surface area contributed by atoms with Crippen LogP contribution in [0.2, 0.25) is 0 Å². The summed E-state index contributed by atoms with van der Waals surface area (Å²) < 4.78 is 6.30. The summed E-state index contributed by atoms with van der Waals surface area (Å²) in [5, 5.41) is 2.25. The molecule has 246 valence electrons. The number of para-hydroxylation sites is 2. The van der Waals surface area contributed by atoms with E-state index >= 15 is 0 Å². The van der Waals surface area contributed by atoms with Crippen LogP contribution in [0.5, 0.6) is 0 Å². The van der Waals surface area contributed by atoms with Crippen molar-refractivity contribution in [3.63, 3.8) is 0 Å². The minimum Gasteiger partial charge on any atom is -0.456 e. The molecule has 0 fully saturated rings. The molecule has 9 rings (SSSR count). The molecule has 0 aliphatic rings. The summed E-state index contributed by atoms with van der Waals surface area (Å²) in [7, 11) is 0. The molecular formula is C50H35NO. The largest absolute Gasteiger partial charge is 0.456 e. The van der Waals surface area contributed by atoms with Crippen LogP contribution in [0.3, 0.4) is 0 Å². The Kier molecular flexibility index (Phi) is 8.24. The molecule has 0 atom stereocenters. The van der Waals surface area contributed by atoms with Crippen molar-refractivity contribution in [1.29, 1.82) is 0 Å². The second-order valence-electron chi connectivity index (χ2n) is 12.9. The number of furan rings is 1. The number of benzene rings is 8. The molecule has 0 amide bonds. The van der Waals surface area contributed by atoms with Gasteiger partial charge in [-0.15, -0.1) is 0 Å². The van der Waals surface area contributed by atoms with Crippen molar-refractivity contribution in [1.82, 2.24) is 0 Å². The van der Waals surface area contributed by atoms with E-state index in [0.29, 0.717) is 0 Å². The van der Waals surface area contributed by atoms with Gasteiger partial charge in [0.25, 0.3) is 0 Å². The maximum atomic E-state index is 6.30. The number of hydrogen-bond acceptors (Lipinski definition) is 2. The standard InChI is InChI=1S/C50H35NO/c1-5-16-37(17-6-1)49(38-18-7-2-8-19-38)50(39-20-9-3-10-21-39)41-23-15-22-40(34-41)36-28-30-43(31-29-36)51(42-24-11-4-12-25-42)44-32-33-46-45-26-13-14-27-47(45)52-48(46)35-44/h1-35H. The molecule has 1 heterocycles. The van der Waals surface area contributed by atoms with E-state index in [1.165, 1.54) is 33.4 Å². The van der Waals surface area contributed by atoms with Gasteiger partial charge < -0.3 is 9.32 Å². The van der Waals surface area contributed by atoms with Crippen LogP contribution in [-0.2, 0) is 0 Å². The van der Waals surface area contributed by atoms with Crippen LogP contribution in [0.25, 0.3) is 44.2 Å². The summed E-state index contributed by atoms with van der Waals surface area (Å²) >= 11 is 0. The SMILES string of the molecule is c1ccc(C(=C(c2ccccc2)c2cccc(-c3ccc(N(c4ccccc4)c4ccc5c(c4)oc4ccccc45)cc3)c2)c2ccccc2)cc1. The van der Waals surface area contributed by atoms with Crippen molar-refractivity contribution in [2.45, 2.75) is 0 Å². The van der Waals surface area contributed by atoms with Crippen molar-refractivity contribution in [2.24, 2.45) is 0 Å². The summed E-state index contributed by atoms with van der Waals surface area (Å²) in [6, 6.07) is 75.3. The third kappa shape index (κ3) is 5.97. The van der Waals surface area contributed by atoms with Gasteiger partial charge in [0, 0.05) is 33.9 Å². The number of nitrogens with zero attached hydrogens (tertiary/aromatic N) is 1. The normalized spacial score (nSPS) is 11.1. The van der Waals surface area contributed by atoms with Crippen LogP contribution >= 0.6 is 0 Å². The molecule has 0 N–H and O–H groups in total. The Morgan fingerprint density at radius 2 is 0.788 bits per heavy atom. The first-order valence-corrected chi connectivity index (χ1v) is 17.7. The summed E-state index contributed by atoms with van der Waals surface area (Å²) in [5.41, 5.74) is 14.4. The minimum atomic E-state index is 0.876. The van der Waals surface area contributed by atoms with Crippen molar-refractivity contribution in [3.05, 3.63) is 235 Å². The highest BCUT2D eigenvalue weighted by Crippen LogP contribution is 2.41. The first kappa shape index (κ1) is 31.1. The van der Waals surface area contributed by atoms with Gasteiger partial charge in [-0.3, -0.25) is 0 Å². The molecule has 52 heavy (non-hydrogen) atoms. The van der Waals surface area contributed by atoms with Gasteiger partial charge in [0.2, 0.25) is 0 Å². The van der Waals surface area contributed by atoms with Crippen molar-refractivity contribution >= 4 is 50.1 Å². The quantitative estimate of drug-likeness (QED) is 0.150. The predicted octanol–water partition coefficient (Wildman–Crippen LogP) is 13.7. The van der Waals surface area contributed by atoms with E-state index in [2.05, 4.69) is 205 Å². The van der Waals surface area contributed by atoms with Gasteiger partial charge in [-0.25, -0.2) is 0 Å². The molecule has 2 heteroatoms. The van der Waals surface area contributed by atoms with E-state index in [-0.39, 0.29) is 0 Å². The summed E-state index contributed by atoms with van der Waals surface area (Å²) in [6.07, 6.45) is 0. The van der Waals surface area contributed by atoms with Gasteiger partial charge in [-0.05, 0) is 93.1 Å². The zero-order chi connectivity index (χ0) is 34.7. The predicted molar refractivity (Wildman–Crippen MR) is 218 cm³/mol. The Hall–Kier alpha value is -6.90. The smallest absolute Gasteiger partial charge is 0.137 e. The fraction of sp³-hybridized carbons (Fsp3) is 0. The highest BCUT2D eigenvalue weighted by Gasteiger charge is 2.18. The van der Waals surface area contributed by atoms with Crippen LogP contribution in [-0.4, -0.2) is 0 Å². The van der Waals surface area contributed by atoms with Gasteiger partial charge in [0.1, 0.15) is 11.2 Å². The zero-order valence-electron chi connectivity index (χ0n) is 28.6. The summed E-state index contributed by atoms with van der Waals surface area (Å²) in [5.74, 6) is 0. The molecule has 0 aliphatic heterocycles. The zero-order valence-corrected chi connectivity index (χ0v) is 28.6. The average molecular weight is 666 g/mol. The molecule has 8 aromatic carbocycles. The van der Waals surface area contributed by atoms with E-state index in [1.54, 1.807) is 0 Å². The number of hydrogen-bond donors (Lipinski definition) is 0. The molecular weight excluding hydrogens is 631 g/mol. The second kappa shape index (κ2) is 13.8. The molecule has 0 bridgehead atoms. The Morgan fingerprint density at radius 1 is 0.308 bits per heavy atom. The van der Waals surface area contributed by atoms with Crippen molar-refractivity contribution < 1.29 is 4.42 Å². The van der Waals surface area contributed by atoms with Crippen LogP contribution in [0.4, 0.5) is 17.1 Å². The molecule has 0 spiro atoms. The Balaban J connectivity index is 1.14. The molecule has 9 aromatic rings. The fourth-order valence-electron chi connectivity index (χ4n) is 7.26. The van der Waals surface area contributed by atoms with Gasteiger partial charge in [-0.1, -0.05) is 158 Å². The lowest BCUT2D eigenvalue weighted by Crippen LogP contribution is -2.09. The third-order valence-corrected chi connectivity index (χ3v) is 9.68. The van der Waals surface area contributed by atoms with E-state index in [9.17, 15) is 0 Å². The van der Waals surface area contributed by atoms with E-state index in [4.69, 9.17) is 4.42 Å². The molecule has 2 nitrogen and oxygen atoms in total. The maximum Gasteiger partial charge on any atom is 0.137 e. The van der Waals surface area contributed by atoms with E-state index in [0.717, 1.165) is 50.1 Å². The average Bonchev–Trinajstić information content (AvgIpc) is 3.60. The minimum absolute atomic E-state index is 0.876. The van der Waals surface area contributed by atoms with Gasteiger partial charge in [-0.2, -0.15) is 0 Å². The molecule has 0 unspecified atom stereocenters. The van der Waals surface area contributed by atoms with Crippen LogP contribution in [0.15, 0.2) is 217 Å². The van der Waals surface area contributed by atoms with E-state index < -0.39 is 0 Å². The second-order valence-corrected chi connectivity index (χ2v) is 12.9. The molecule has 0 aliphatic carbocycles. The lowest BCUT2D eigenvalue weighted by atomic mass is 9.85. The summed E-state index contributed by atoms with van der Waals surface area (Å²) in [4.78, 5) is 2.29. The molecule has 0 radical (unpaired) electrons. The highest BCUT2D eigenvalue weighted by molar-refractivity contribution is 6.06. The van der Waals surface area contributed by atoms with Gasteiger partial charge in [0.05, 0.1) is 0 Å². The van der Waals surface area contributed by atoms with Crippen molar-refractivity contribution in [3.8, 4) is 11.1 Å². The summed E-state index contributed by atoms with van der Waals surface area (Å²) in [6.45, 7) is 0. The maximum absolute atomic E-state index is 6.30. The van der Waals surface area contributed by atoms with Crippen LogP contribution < -0.4 is 4.90 Å². The Bertz CT molecular complexity index is 2600. The number of anilines is 3. The first-order chi connectivity index (χ1) is 25.8. The molecule has 0 saturated heterocycles. The van der Waals surface area contributed by atoms with E-state index in [1.807, 2.05) is 12.1 Å². The van der Waals surface area contributed by atoms with Crippen LogP contribution in [0, 0.1) is 0 Å². The monoisotopic (exact) mass is 665 g/mol. The lowest BCUT2D eigenvalue weighted by molar-refractivity contribution is 0.669. The number of rotatable bonds is 8. The fourth-order valence-corrected chi connectivity index (χ4v) is 7.26. The van der Waals surface area contributed by atoms with Crippen LogP contribution in [0.1, 0.15) is 22.3 Å². The number of fused-ring (bicyclic) bond motifs is 3. The molecule has 1 aromatic heterocycles. The lowest BCUT2D eigenvalue weighted by Gasteiger charge is -2.25. The Morgan fingerprint density at radius 3 is 1.42 bits per heavy atom. The topological polar surface area (TPSA) is 16.4 Å². The van der Waals surface area contributed by atoms with Gasteiger partial charge >= 0.3 is 0 Å².